The number of nitrogens with one attached hydrogen (secondary N) is 1. The maximum atomic E-state index is 12.2. The number of carboxylic acids is 1. The van der Waals surface area contributed by atoms with E-state index in [9.17, 15) is 9.59 Å². The van der Waals surface area contributed by atoms with Gasteiger partial charge in [0, 0.05) is 12.1 Å². The molecule has 126 valence electrons. The van der Waals surface area contributed by atoms with Crippen molar-refractivity contribution in [1.82, 2.24) is 5.32 Å². The summed E-state index contributed by atoms with van der Waals surface area (Å²) in [6.07, 6.45) is 2.88. The van der Waals surface area contributed by atoms with Gasteiger partial charge < -0.3 is 19.9 Å². The summed E-state index contributed by atoms with van der Waals surface area (Å²) in [5.74, 6) is -0.888. The molecule has 1 atom stereocenters. The highest BCUT2D eigenvalue weighted by Gasteiger charge is 2.18. The highest BCUT2D eigenvalue weighted by atomic mass is 16.5. The van der Waals surface area contributed by atoms with Crippen LogP contribution in [-0.2, 0) is 4.79 Å². The molecule has 0 saturated heterocycles. The van der Waals surface area contributed by atoms with Gasteiger partial charge in [-0.1, -0.05) is 26.0 Å². The van der Waals surface area contributed by atoms with E-state index < -0.39 is 11.9 Å². The van der Waals surface area contributed by atoms with Gasteiger partial charge in [-0.3, -0.25) is 9.59 Å². The van der Waals surface area contributed by atoms with Crippen molar-refractivity contribution < 1.29 is 24.2 Å². The Hall–Kier alpha value is -2.50. The molecule has 0 aromatic heterocycles. The number of carbonyl (C=O) groups excluding carboxylic acids is 1. The monoisotopic (exact) mass is 321 g/mol. The third-order valence-electron chi connectivity index (χ3n) is 3.28. The highest BCUT2D eigenvalue weighted by Crippen LogP contribution is 2.28. The predicted molar refractivity (Wildman–Crippen MR) is 87.1 cm³/mol. The summed E-state index contributed by atoms with van der Waals surface area (Å²) >= 11 is 0. The van der Waals surface area contributed by atoms with Gasteiger partial charge in [0.05, 0.1) is 13.0 Å². The molecule has 1 unspecified atom stereocenters. The fourth-order valence-corrected chi connectivity index (χ4v) is 2.06. The van der Waals surface area contributed by atoms with Crippen molar-refractivity contribution in [2.24, 2.45) is 5.92 Å². The van der Waals surface area contributed by atoms with Gasteiger partial charge in [0.25, 0.3) is 5.91 Å². The highest BCUT2D eigenvalue weighted by molar-refractivity contribution is 5.95. The summed E-state index contributed by atoms with van der Waals surface area (Å²) in [4.78, 5) is 23.2. The number of amides is 1. The topological polar surface area (TPSA) is 84.9 Å². The lowest BCUT2D eigenvalue weighted by molar-refractivity contribution is -0.141. The van der Waals surface area contributed by atoms with Crippen molar-refractivity contribution in [3.05, 3.63) is 36.4 Å². The van der Waals surface area contributed by atoms with Crippen LogP contribution in [0.25, 0.3) is 0 Å². The number of carbonyl (C=O) groups is 2. The van der Waals surface area contributed by atoms with Crippen molar-refractivity contribution >= 4 is 11.9 Å². The Bertz CT molecular complexity index is 556. The van der Waals surface area contributed by atoms with Crippen LogP contribution in [0.2, 0.25) is 0 Å². The summed E-state index contributed by atoms with van der Waals surface area (Å²) in [6, 6.07) is 4.80. The molecule has 0 saturated carbocycles. The lowest BCUT2D eigenvalue weighted by atomic mass is 10.0. The molecule has 2 N–H and O–H groups in total. The molecule has 23 heavy (non-hydrogen) atoms. The zero-order valence-corrected chi connectivity index (χ0v) is 13.5. The fraction of sp³-hybridized carbons (Fsp3) is 0.412. The first-order chi connectivity index (χ1) is 11.0. The standard InChI is InChI=1S/C17H23NO5/c1-4-6-13(17(20)21)11-18-16(19)12-7-8-14(23-9-5-2)15(10-12)22-3/h5,7-8,10,13H,2,4,6,9,11H2,1,3H3,(H,18,19)(H,20,21). The molecule has 6 heteroatoms. The summed E-state index contributed by atoms with van der Waals surface area (Å²) in [6.45, 7) is 5.91. The van der Waals surface area contributed by atoms with Crippen molar-refractivity contribution in [2.45, 2.75) is 19.8 Å². The van der Waals surface area contributed by atoms with Crippen molar-refractivity contribution in [3.8, 4) is 11.5 Å². The zero-order chi connectivity index (χ0) is 17.2. The largest absolute Gasteiger partial charge is 0.493 e. The molecule has 1 amide bonds. The molecular weight excluding hydrogens is 298 g/mol. The van der Waals surface area contributed by atoms with Gasteiger partial charge in [-0.05, 0) is 24.6 Å². The third kappa shape index (κ3) is 5.65. The van der Waals surface area contributed by atoms with Crippen molar-refractivity contribution in [1.29, 1.82) is 0 Å². The van der Waals surface area contributed by atoms with Gasteiger partial charge >= 0.3 is 5.97 Å². The van der Waals surface area contributed by atoms with Crippen molar-refractivity contribution in [3.63, 3.8) is 0 Å². The van der Waals surface area contributed by atoms with Crippen LogP contribution in [0.15, 0.2) is 30.9 Å². The molecule has 0 fully saturated rings. The second-order valence-electron chi connectivity index (χ2n) is 5.00. The molecule has 0 aliphatic carbocycles. The molecule has 0 aliphatic rings. The number of rotatable bonds is 10. The van der Waals surface area contributed by atoms with Gasteiger partial charge in [-0.25, -0.2) is 0 Å². The van der Waals surface area contributed by atoms with Crippen LogP contribution in [0.4, 0.5) is 0 Å². The van der Waals surface area contributed by atoms with E-state index in [1.165, 1.54) is 7.11 Å². The van der Waals surface area contributed by atoms with Crippen LogP contribution in [-0.4, -0.2) is 37.2 Å². The van der Waals surface area contributed by atoms with E-state index in [1.807, 2.05) is 6.92 Å². The average molecular weight is 321 g/mol. The molecule has 0 heterocycles. The van der Waals surface area contributed by atoms with Gasteiger partial charge in [0.2, 0.25) is 0 Å². The number of benzene rings is 1. The first-order valence-electron chi connectivity index (χ1n) is 7.46. The second-order valence-corrected chi connectivity index (χ2v) is 5.00. The molecule has 0 aliphatic heterocycles. The number of aliphatic carboxylic acids is 1. The van der Waals surface area contributed by atoms with Crippen LogP contribution < -0.4 is 14.8 Å². The van der Waals surface area contributed by atoms with E-state index in [2.05, 4.69) is 11.9 Å². The minimum Gasteiger partial charge on any atom is -0.493 e. The lowest BCUT2D eigenvalue weighted by Gasteiger charge is -2.14. The second kappa shape index (κ2) is 9.50. The molecular formula is C17H23NO5. The quantitative estimate of drug-likeness (QED) is 0.647. The number of ether oxygens (including phenoxy) is 2. The van der Waals surface area contributed by atoms with Crippen LogP contribution >= 0.6 is 0 Å². The number of hydrogen-bond donors (Lipinski definition) is 2. The Balaban J connectivity index is 2.75. The first kappa shape index (κ1) is 18.5. The maximum absolute atomic E-state index is 12.2. The molecule has 1 rings (SSSR count). The molecule has 6 nitrogen and oxygen atoms in total. The van der Waals surface area contributed by atoms with E-state index in [0.29, 0.717) is 30.1 Å². The Morgan fingerprint density at radius 3 is 2.70 bits per heavy atom. The Morgan fingerprint density at radius 2 is 2.13 bits per heavy atom. The minimum atomic E-state index is -0.905. The van der Waals surface area contributed by atoms with Crippen LogP contribution in [0.5, 0.6) is 11.5 Å². The molecule has 1 aromatic carbocycles. The lowest BCUT2D eigenvalue weighted by Crippen LogP contribution is -2.32. The predicted octanol–water partition coefficient (Wildman–Crippen LogP) is 2.49. The summed E-state index contributed by atoms with van der Waals surface area (Å²) in [5.41, 5.74) is 0.383. The van der Waals surface area contributed by atoms with Gasteiger partial charge in [0.15, 0.2) is 11.5 Å². The first-order valence-corrected chi connectivity index (χ1v) is 7.46. The number of methoxy groups -OCH3 is 1. The van der Waals surface area contributed by atoms with E-state index in [1.54, 1.807) is 24.3 Å². The average Bonchev–Trinajstić information content (AvgIpc) is 2.55. The van der Waals surface area contributed by atoms with Gasteiger partial charge in [-0.2, -0.15) is 0 Å². The Morgan fingerprint density at radius 1 is 1.39 bits per heavy atom. The van der Waals surface area contributed by atoms with Crippen LogP contribution in [0, 0.1) is 5.92 Å². The molecule has 0 radical (unpaired) electrons. The summed E-state index contributed by atoms with van der Waals surface area (Å²) in [5, 5.41) is 11.7. The number of carboxylic acid groups (broad SMARTS) is 1. The van der Waals surface area contributed by atoms with Gasteiger partial charge in [-0.15, -0.1) is 0 Å². The Kier molecular flexibility index (Phi) is 7.66. The van der Waals surface area contributed by atoms with Crippen LogP contribution in [0.3, 0.4) is 0 Å². The third-order valence-corrected chi connectivity index (χ3v) is 3.28. The van der Waals surface area contributed by atoms with Crippen LogP contribution in [0.1, 0.15) is 30.1 Å². The van der Waals surface area contributed by atoms with E-state index in [-0.39, 0.29) is 12.5 Å². The SMILES string of the molecule is C=CCOc1ccc(C(=O)NCC(CCC)C(=O)O)cc1OC. The molecule has 0 bridgehead atoms. The smallest absolute Gasteiger partial charge is 0.308 e. The summed E-state index contributed by atoms with van der Waals surface area (Å²) < 4.78 is 10.6. The van der Waals surface area contributed by atoms with E-state index >= 15 is 0 Å². The molecule has 1 aromatic rings. The summed E-state index contributed by atoms with van der Waals surface area (Å²) in [7, 11) is 1.49. The normalized spacial score (nSPS) is 11.4. The number of hydrogen-bond acceptors (Lipinski definition) is 4. The van der Waals surface area contributed by atoms with Crippen molar-refractivity contribution in [2.75, 3.05) is 20.3 Å². The molecule has 0 spiro atoms. The Labute approximate surface area is 136 Å². The maximum Gasteiger partial charge on any atom is 0.308 e. The fourth-order valence-electron chi connectivity index (χ4n) is 2.06. The zero-order valence-electron chi connectivity index (χ0n) is 13.5. The minimum absolute atomic E-state index is 0.0963. The van der Waals surface area contributed by atoms with E-state index in [4.69, 9.17) is 14.6 Å². The van der Waals surface area contributed by atoms with E-state index in [0.717, 1.165) is 6.42 Å². The van der Waals surface area contributed by atoms with Gasteiger partial charge in [0.1, 0.15) is 6.61 Å².